The number of rotatable bonds is 6. The summed E-state index contributed by atoms with van der Waals surface area (Å²) in [6.45, 7) is 2.35. The number of nitrogens with zero attached hydrogens (tertiary/aromatic N) is 7. The number of anilines is 1. The lowest BCUT2D eigenvalue weighted by molar-refractivity contribution is 0.107. The Labute approximate surface area is 263 Å². The Kier molecular flexibility index (Phi) is 6.76. The smallest absolute Gasteiger partial charge is 0.319 e. The number of halogens is 3. The first-order valence-corrected chi connectivity index (χ1v) is 15.3. The molecule has 2 fully saturated rings. The van der Waals surface area contributed by atoms with E-state index in [1.165, 1.54) is 6.07 Å². The van der Waals surface area contributed by atoms with Crippen molar-refractivity contribution in [2.75, 3.05) is 37.7 Å². The van der Waals surface area contributed by atoms with Crippen molar-refractivity contribution in [3.8, 4) is 35.5 Å². The zero-order valence-corrected chi connectivity index (χ0v) is 25.1. The molecular weight excluding hydrogens is 595 g/mol. The minimum Gasteiger partial charge on any atom is -0.475 e. The van der Waals surface area contributed by atoms with Crippen LogP contribution in [-0.4, -0.2) is 74.2 Å². The molecular formula is C34H30F3N7O2. The van der Waals surface area contributed by atoms with Gasteiger partial charge in [0.05, 0.1) is 29.9 Å². The van der Waals surface area contributed by atoms with Crippen molar-refractivity contribution in [3.63, 3.8) is 0 Å². The molecule has 0 N–H and O–H groups in total. The van der Waals surface area contributed by atoms with Crippen molar-refractivity contribution in [2.45, 2.75) is 37.5 Å². The second-order valence-corrected chi connectivity index (χ2v) is 12.2. The average molecular weight is 626 g/mol. The van der Waals surface area contributed by atoms with Gasteiger partial charge in [0.2, 0.25) is 5.88 Å². The van der Waals surface area contributed by atoms with Crippen LogP contribution in [0, 0.1) is 24.0 Å². The van der Waals surface area contributed by atoms with E-state index in [0.29, 0.717) is 48.2 Å². The molecule has 0 unspecified atom stereocenters. The van der Waals surface area contributed by atoms with Gasteiger partial charge in [-0.3, -0.25) is 9.58 Å². The summed E-state index contributed by atoms with van der Waals surface area (Å²) in [5.74, 6) is 1.61. The molecule has 0 saturated carbocycles. The van der Waals surface area contributed by atoms with Crippen LogP contribution in [0.3, 0.4) is 0 Å². The van der Waals surface area contributed by atoms with Gasteiger partial charge in [-0.1, -0.05) is 30.2 Å². The van der Waals surface area contributed by atoms with Crippen molar-refractivity contribution < 1.29 is 22.6 Å². The van der Waals surface area contributed by atoms with Crippen molar-refractivity contribution in [1.82, 2.24) is 29.6 Å². The van der Waals surface area contributed by atoms with Gasteiger partial charge in [-0.15, -0.1) is 6.42 Å². The fourth-order valence-corrected chi connectivity index (χ4v) is 7.27. The summed E-state index contributed by atoms with van der Waals surface area (Å²) in [4.78, 5) is 18.1. The molecule has 3 aromatic heterocycles. The third-order valence-corrected chi connectivity index (χ3v) is 9.36. The standard InChI is InChI=1S/C34H30F3N7O2/c1-3-23-25(36)9-8-20-6-4-7-24(26(20)23)29-28(37)30-27-31(43(14-15-45-32(27)38-29)18-22-10-13-42(2)41-22)40-33(39-30)46-19-34-11-5-12-44(34)17-21(35)16-34/h1,4,6-10,13,21H,5,11-12,14-19H2,2H3/t21-,34+/m1/s1. The highest BCUT2D eigenvalue weighted by Gasteiger charge is 2.49. The molecule has 6 heterocycles. The summed E-state index contributed by atoms with van der Waals surface area (Å²) in [6, 6.07) is 9.92. The lowest BCUT2D eigenvalue weighted by atomic mass is 9.95. The largest absolute Gasteiger partial charge is 0.475 e. The van der Waals surface area contributed by atoms with E-state index in [0.717, 1.165) is 25.1 Å². The van der Waals surface area contributed by atoms with E-state index in [4.69, 9.17) is 20.9 Å². The molecule has 0 spiro atoms. The molecule has 9 nitrogen and oxygen atoms in total. The number of pyridine rings is 1. The highest BCUT2D eigenvalue weighted by molar-refractivity contribution is 6.03. The number of ether oxygens (including phenoxy) is 2. The molecule has 2 aromatic carbocycles. The predicted molar refractivity (Wildman–Crippen MR) is 166 cm³/mol. The molecule has 234 valence electrons. The van der Waals surface area contributed by atoms with Crippen LogP contribution < -0.4 is 14.4 Å². The maximum absolute atomic E-state index is 16.9. The second-order valence-electron chi connectivity index (χ2n) is 12.2. The maximum Gasteiger partial charge on any atom is 0.319 e. The SMILES string of the molecule is C#Cc1c(F)ccc2cccc(-c3nc4c5c(nc(OC[C@@]67CCCN6C[C@H](F)C7)nc5c3F)N(Cc3ccn(C)n3)CCO4)c12. The molecule has 0 aliphatic carbocycles. The molecule has 8 rings (SSSR count). The summed E-state index contributed by atoms with van der Waals surface area (Å²) in [6.07, 6.45) is 8.76. The third kappa shape index (κ3) is 4.60. The Morgan fingerprint density at radius 3 is 2.83 bits per heavy atom. The van der Waals surface area contributed by atoms with Crippen molar-refractivity contribution in [1.29, 1.82) is 0 Å². The van der Waals surface area contributed by atoms with Crippen molar-refractivity contribution in [2.24, 2.45) is 7.05 Å². The van der Waals surface area contributed by atoms with E-state index in [-0.39, 0.29) is 47.3 Å². The molecule has 2 atom stereocenters. The number of aryl methyl sites for hydroxylation is 1. The number of benzene rings is 2. The summed E-state index contributed by atoms with van der Waals surface area (Å²) >= 11 is 0. The van der Waals surface area contributed by atoms with Gasteiger partial charge in [-0.05, 0) is 36.9 Å². The van der Waals surface area contributed by atoms with Gasteiger partial charge in [0.25, 0.3) is 0 Å². The van der Waals surface area contributed by atoms with Crippen molar-refractivity contribution in [3.05, 3.63) is 65.5 Å². The predicted octanol–water partition coefficient (Wildman–Crippen LogP) is 5.19. The Bertz CT molecular complexity index is 2060. The first-order chi connectivity index (χ1) is 22.3. The summed E-state index contributed by atoms with van der Waals surface area (Å²) in [7, 11) is 1.83. The van der Waals surface area contributed by atoms with E-state index in [1.807, 2.05) is 24.2 Å². The topological polar surface area (TPSA) is 81.4 Å². The Balaban J connectivity index is 1.31. The molecule has 3 aliphatic heterocycles. The zero-order valence-electron chi connectivity index (χ0n) is 25.1. The number of fused-ring (bicyclic) bond motifs is 2. The molecule has 12 heteroatoms. The summed E-state index contributed by atoms with van der Waals surface area (Å²) in [5.41, 5.74) is 0.513. The number of hydrogen-bond acceptors (Lipinski definition) is 8. The van der Waals surface area contributed by atoms with Crippen LogP contribution >= 0.6 is 0 Å². The Hall–Kier alpha value is -4.89. The fourth-order valence-electron chi connectivity index (χ4n) is 7.27. The van der Waals surface area contributed by atoms with Crippen LogP contribution in [0.5, 0.6) is 11.9 Å². The number of alkyl halides is 1. The van der Waals surface area contributed by atoms with Gasteiger partial charge < -0.3 is 14.4 Å². The van der Waals surface area contributed by atoms with E-state index in [9.17, 15) is 8.78 Å². The lowest BCUT2D eigenvalue weighted by Gasteiger charge is -2.31. The zero-order chi connectivity index (χ0) is 31.6. The van der Waals surface area contributed by atoms with Gasteiger partial charge >= 0.3 is 6.01 Å². The van der Waals surface area contributed by atoms with Crippen LogP contribution in [0.15, 0.2) is 42.6 Å². The van der Waals surface area contributed by atoms with Crippen LogP contribution in [0.2, 0.25) is 0 Å². The highest BCUT2D eigenvalue weighted by atomic mass is 19.1. The van der Waals surface area contributed by atoms with Gasteiger partial charge in [0.15, 0.2) is 5.82 Å². The van der Waals surface area contributed by atoms with Gasteiger partial charge in [-0.25, -0.2) is 18.2 Å². The Morgan fingerprint density at radius 1 is 1.11 bits per heavy atom. The molecule has 2 saturated heterocycles. The Morgan fingerprint density at radius 2 is 2.00 bits per heavy atom. The van der Waals surface area contributed by atoms with E-state index in [1.54, 1.807) is 28.9 Å². The van der Waals surface area contributed by atoms with E-state index >= 15 is 4.39 Å². The second kappa shape index (κ2) is 10.9. The normalized spacial score (nSPS) is 20.9. The molecule has 0 bridgehead atoms. The highest BCUT2D eigenvalue weighted by Crippen LogP contribution is 2.43. The quantitative estimate of drug-likeness (QED) is 0.239. The number of terminal acetylenes is 1. The average Bonchev–Trinajstić information content (AvgIpc) is 3.69. The fraction of sp³-hybridized carbons (Fsp3) is 0.353. The van der Waals surface area contributed by atoms with E-state index < -0.39 is 23.3 Å². The minimum atomic E-state index is -0.927. The lowest BCUT2D eigenvalue weighted by Crippen LogP contribution is -2.43. The molecule has 0 amide bonds. The van der Waals surface area contributed by atoms with Crippen LogP contribution in [-0.2, 0) is 13.6 Å². The first-order valence-electron chi connectivity index (χ1n) is 15.3. The summed E-state index contributed by atoms with van der Waals surface area (Å²) < 4.78 is 60.4. The number of hydrogen-bond donors (Lipinski definition) is 0. The summed E-state index contributed by atoms with van der Waals surface area (Å²) in [5, 5.41) is 5.80. The first kappa shape index (κ1) is 28.6. The molecule has 46 heavy (non-hydrogen) atoms. The molecule has 5 aromatic rings. The van der Waals surface area contributed by atoms with Gasteiger partial charge in [0, 0.05) is 37.2 Å². The molecule has 3 aliphatic rings. The van der Waals surface area contributed by atoms with Crippen molar-refractivity contribution >= 4 is 27.5 Å². The monoisotopic (exact) mass is 625 g/mol. The van der Waals surface area contributed by atoms with Gasteiger partial charge in [-0.2, -0.15) is 15.1 Å². The van der Waals surface area contributed by atoms with Crippen LogP contribution in [0.4, 0.5) is 19.0 Å². The third-order valence-electron chi connectivity index (χ3n) is 9.36. The van der Waals surface area contributed by atoms with E-state index in [2.05, 4.69) is 25.9 Å². The van der Waals surface area contributed by atoms with Gasteiger partial charge in [0.1, 0.15) is 47.6 Å². The minimum absolute atomic E-state index is 0.0122. The number of aromatic nitrogens is 5. The molecule has 0 radical (unpaired) electrons. The maximum atomic E-state index is 16.9. The van der Waals surface area contributed by atoms with Crippen LogP contribution in [0.25, 0.3) is 32.9 Å². The van der Waals surface area contributed by atoms with Crippen LogP contribution in [0.1, 0.15) is 30.5 Å².